The number of amides is 1. The molecule has 0 aromatic heterocycles. The van der Waals surface area contributed by atoms with Crippen LogP contribution in [-0.2, 0) is 4.79 Å². The summed E-state index contributed by atoms with van der Waals surface area (Å²) in [7, 11) is 0. The number of carbonyl (C=O) groups excluding carboxylic acids is 1. The molecular formula is C18H17FN2O4. The zero-order valence-electron chi connectivity index (χ0n) is 13.6. The minimum atomic E-state index is -1.09. The highest BCUT2D eigenvalue weighted by atomic mass is 19.1. The first-order valence-corrected chi connectivity index (χ1v) is 7.91. The van der Waals surface area contributed by atoms with E-state index in [0.29, 0.717) is 11.1 Å². The number of rotatable bonds is 6. The summed E-state index contributed by atoms with van der Waals surface area (Å²) in [4.78, 5) is 23.2. The number of carbonyl (C=O) groups is 1. The Hall–Kier alpha value is -2.96. The largest absolute Gasteiger partial charge is 0.469 e. The van der Waals surface area contributed by atoms with E-state index in [1.54, 1.807) is 13.0 Å². The van der Waals surface area contributed by atoms with Crippen molar-refractivity contribution in [3.05, 3.63) is 69.5 Å². The Kier molecular flexibility index (Phi) is 4.65. The molecule has 0 saturated heterocycles. The molecule has 6 nitrogen and oxygen atoms in total. The predicted octanol–water partition coefficient (Wildman–Crippen LogP) is 3.44. The summed E-state index contributed by atoms with van der Waals surface area (Å²) in [5.41, 5.74) is 0.917. The number of nitro benzene ring substituents is 1. The van der Waals surface area contributed by atoms with E-state index in [2.05, 4.69) is 5.32 Å². The second-order valence-electron chi connectivity index (χ2n) is 6.06. The lowest BCUT2D eigenvalue weighted by molar-refractivity contribution is -0.386. The van der Waals surface area contributed by atoms with Crippen molar-refractivity contribution in [3.8, 4) is 5.75 Å². The van der Waals surface area contributed by atoms with Crippen LogP contribution in [0.2, 0.25) is 0 Å². The molecular weight excluding hydrogens is 327 g/mol. The van der Waals surface area contributed by atoms with Gasteiger partial charge in [0, 0.05) is 17.7 Å². The maximum atomic E-state index is 13.2. The molecule has 25 heavy (non-hydrogen) atoms. The standard InChI is InChI=1S/C18H17FN2O4/c1-11-2-9-16(15(10-11)21(23)24)25-17(18(22)20-14-7-8-14)12-3-5-13(19)6-4-12/h2-6,9-10,14,17H,7-8H2,1H3,(H,20,22)/t17-/m0/s1. The van der Waals surface area contributed by atoms with Gasteiger partial charge in [-0.3, -0.25) is 14.9 Å². The van der Waals surface area contributed by atoms with Gasteiger partial charge in [0.1, 0.15) is 5.82 Å². The minimum absolute atomic E-state index is 0.00382. The molecule has 0 unspecified atom stereocenters. The normalized spacial score (nSPS) is 14.6. The molecule has 1 fully saturated rings. The maximum Gasteiger partial charge on any atom is 0.311 e. The number of benzene rings is 2. The van der Waals surface area contributed by atoms with E-state index < -0.39 is 22.8 Å². The lowest BCUT2D eigenvalue weighted by Crippen LogP contribution is -2.34. The average Bonchev–Trinajstić information content (AvgIpc) is 3.38. The van der Waals surface area contributed by atoms with E-state index in [0.717, 1.165) is 12.8 Å². The van der Waals surface area contributed by atoms with Gasteiger partial charge >= 0.3 is 5.69 Å². The van der Waals surface area contributed by atoms with Crippen molar-refractivity contribution in [3.63, 3.8) is 0 Å². The number of aryl methyl sites for hydroxylation is 1. The number of nitrogens with one attached hydrogen (secondary N) is 1. The minimum Gasteiger partial charge on any atom is -0.469 e. The maximum absolute atomic E-state index is 13.2. The number of ether oxygens (including phenoxy) is 1. The topological polar surface area (TPSA) is 81.5 Å². The fourth-order valence-corrected chi connectivity index (χ4v) is 2.41. The first-order valence-electron chi connectivity index (χ1n) is 7.91. The highest BCUT2D eigenvalue weighted by Gasteiger charge is 2.31. The van der Waals surface area contributed by atoms with Gasteiger partial charge in [-0.2, -0.15) is 0 Å². The molecule has 1 amide bonds. The van der Waals surface area contributed by atoms with Gasteiger partial charge in [0.2, 0.25) is 6.10 Å². The predicted molar refractivity (Wildman–Crippen MR) is 88.8 cm³/mol. The van der Waals surface area contributed by atoms with Gasteiger partial charge in [-0.05, 0) is 43.5 Å². The Bertz CT molecular complexity index is 803. The molecule has 0 spiro atoms. The van der Waals surface area contributed by atoms with E-state index in [9.17, 15) is 19.3 Å². The number of hydrogen-bond donors (Lipinski definition) is 1. The van der Waals surface area contributed by atoms with Gasteiger partial charge in [-0.25, -0.2) is 4.39 Å². The fourth-order valence-electron chi connectivity index (χ4n) is 2.41. The summed E-state index contributed by atoms with van der Waals surface area (Å²) in [5, 5.41) is 14.1. The number of halogens is 1. The van der Waals surface area contributed by atoms with Gasteiger partial charge in [0.25, 0.3) is 5.91 Å². The molecule has 2 aromatic carbocycles. The quantitative estimate of drug-likeness (QED) is 0.643. The SMILES string of the molecule is Cc1ccc(O[C@H](C(=O)NC2CC2)c2ccc(F)cc2)c([N+](=O)[O-])c1. The number of nitro groups is 1. The van der Waals surface area contributed by atoms with Crippen molar-refractivity contribution in [2.45, 2.75) is 31.9 Å². The second-order valence-corrected chi connectivity index (χ2v) is 6.06. The Balaban J connectivity index is 1.93. The van der Waals surface area contributed by atoms with Crippen LogP contribution in [0.3, 0.4) is 0 Å². The molecule has 0 bridgehead atoms. The van der Waals surface area contributed by atoms with Crippen molar-refractivity contribution in [2.24, 2.45) is 0 Å². The number of hydrogen-bond acceptors (Lipinski definition) is 4. The Morgan fingerprint density at radius 2 is 1.96 bits per heavy atom. The monoisotopic (exact) mass is 344 g/mol. The summed E-state index contributed by atoms with van der Waals surface area (Å²) in [6, 6.07) is 9.94. The summed E-state index contributed by atoms with van der Waals surface area (Å²) < 4.78 is 18.9. The number of nitrogens with zero attached hydrogens (tertiary/aromatic N) is 1. The van der Waals surface area contributed by atoms with Gasteiger partial charge in [-0.15, -0.1) is 0 Å². The summed E-state index contributed by atoms with van der Waals surface area (Å²) in [5.74, 6) is -0.841. The molecule has 1 aliphatic carbocycles. The van der Waals surface area contributed by atoms with Crippen LogP contribution >= 0.6 is 0 Å². The highest BCUT2D eigenvalue weighted by Crippen LogP contribution is 2.32. The molecule has 0 aliphatic heterocycles. The van der Waals surface area contributed by atoms with Crippen molar-refractivity contribution in [1.82, 2.24) is 5.32 Å². The molecule has 1 atom stereocenters. The van der Waals surface area contributed by atoms with Crippen molar-refractivity contribution in [1.29, 1.82) is 0 Å². The van der Waals surface area contributed by atoms with Crippen LogP contribution in [0.1, 0.15) is 30.1 Å². The summed E-state index contributed by atoms with van der Waals surface area (Å²) in [6.07, 6.45) is 0.696. The second kappa shape index (κ2) is 6.88. The smallest absolute Gasteiger partial charge is 0.311 e. The van der Waals surface area contributed by atoms with E-state index >= 15 is 0 Å². The van der Waals surface area contributed by atoms with Gasteiger partial charge in [0.15, 0.2) is 5.75 Å². The van der Waals surface area contributed by atoms with E-state index in [-0.39, 0.29) is 17.5 Å². The molecule has 7 heteroatoms. The van der Waals surface area contributed by atoms with Crippen LogP contribution in [0, 0.1) is 22.9 Å². The lowest BCUT2D eigenvalue weighted by atomic mass is 10.1. The Morgan fingerprint density at radius 3 is 2.56 bits per heavy atom. The van der Waals surface area contributed by atoms with Crippen LogP contribution < -0.4 is 10.1 Å². The molecule has 130 valence electrons. The zero-order valence-corrected chi connectivity index (χ0v) is 13.6. The third-order valence-corrected chi connectivity index (χ3v) is 3.89. The molecule has 2 aromatic rings. The summed E-state index contributed by atoms with van der Waals surface area (Å²) in [6.45, 7) is 1.73. The fraction of sp³-hybridized carbons (Fsp3) is 0.278. The third-order valence-electron chi connectivity index (χ3n) is 3.89. The van der Waals surface area contributed by atoms with Crippen LogP contribution in [0.15, 0.2) is 42.5 Å². The van der Waals surface area contributed by atoms with Crippen molar-refractivity contribution < 1.29 is 18.8 Å². The van der Waals surface area contributed by atoms with Crippen LogP contribution in [0.5, 0.6) is 5.75 Å². The molecule has 0 radical (unpaired) electrons. The van der Waals surface area contributed by atoms with Gasteiger partial charge < -0.3 is 10.1 Å². The van der Waals surface area contributed by atoms with Gasteiger partial charge in [-0.1, -0.05) is 18.2 Å². The third kappa shape index (κ3) is 4.12. The van der Waals surface area contributed by atoms with Crippen molar-refractivity contribution in [2.75, 3.05) is 0 Å². The Morgan fingerprint density at radius 1 is 1.28 bits per heavy atom. The van der Waals surface area contributed by atoms with Crippen molar-refractivity contribution >= 4 is 11.6 Å². The first-order chi connectivity index (χ1) is 11.9. The molecule has 1 aliphatic rings. The molecule has 3 rings (SSSR count). The Labute approximate surface area is 143 Å². The zero-order chi connectivity index (χ0) is 18.0. The average molecular weight is 344 g/mol. The highest BCUT2D eigenvalue weighted by molar-refractivity contribution is 5.83. The van der Waals surface area contributed by atoms with Crippen LogP contribution in [-0.4, -0.2) is 16.9 Å². The van der Waals surface area contributed by atoms with E-state index in [1.807, 2.05) is 0 Å². The van der Waals surface area contributed by atoms with Crippen LogP contribution in [0.25, 0.3) is 0 Å². The van der Waals surface area contributed by atoms with Gasteiger partial charge in [0.05, 0.1) is 4.92 Å². The molecule has 0 heterocycles. The van der Waals surface area contributed by atoms with Crippen LogP contribution in [0.4, 0.5) is 10.1 Å². The van der Waals surface area contributed by atoms with E-state index in [4.69, 9.17) is 4.74 Å². The summed E-state index contributed by atoms with van der Waals surface area (Å²) >= 11 is 0. The lowest BCUT2D eigenvalue weighted by Gasteiger charge is -2.19. The molecule has 1 saturated carbocycles. The molecule has 1 N–H and O–H groups in total. The van der Waals surface area contributed by atoms with E-state index in [1.165, 1.54) is 36.4 Å². The first kappa shape index (κ1) is 16.9.